The first-order valence-corrected chi connectivity index (χ1v) is 9.40. The lowest BCUT2D eigenvalue weighted by Crippen LogP contribution is -2.38. The van der Waals surface area contributed by atoms with Gasteiger partial charge < -0.3 is 15.5 Å². The van der Waals surface area contributed by atoms with Crippen molar-refractivity contribution in [3.05, 3.63) is 59.9 Å². The van der Waals surface area contributed by atoms with E-state index in [1.165, 1.54) is 0 Å². The number of benzene rings is 1. The Balaban J connectivity index is 1.50. The van der Waals surface area contributed by atoms with Crippen molar-refractivity contribution < 1.29 is 14.4 Å². The number of hydrogen-bond donors (Lipinski definition) is 2. The van der Waals surface area contributed by atoms with Gasteiger partial charge in [-0.2, -0.15) is 0 Å². The zero-order valence-corrected chi connectivity index (χ0v) is 15.9. The summed E-state index contributed by atoms with van der Waals surface area (Å²) in [5, 5.41) is 5.24. The highest BCUT2D eigenvalue weighted by atomic mass is 16.2. The third-order valence-electron chi connectivity index (χ3n) is 4.84. The summed E-state index contributed by atoms with van der Waals surface area (Å²) in [5.74, 6) is -0.0391. The molecule has 0 saturated carbocycles. The van der Waals surface area contributed by atoms with Crippen molar-refractivity contribution in [1.82, 2.24) is 15.2 Å². The molecule has 1 fully saturated rings. The Morgan fingerprint density at radius 1 is 1.00 bits per heavy atom. The summed E-state index contributed by atoms with van der Waals surface area (Å²) in [6.45, 7) is 3.60. The van der Waals surface area contributed by atoms with Gasteiger partial charge in [0.1, 0.15) is 0 Å². The van der Waals surface area contributed by atoms with Crippen LogP contribution in [0.15, 0.2) is 48.8 Å². The van der Waals surface area contributed by atoms with Crippen LogP contribution < -0.4 is 10.6 Å². The Bertz CT molecular complexity index is 828. The number of amides is 3. The van der Waals surface area contributed by atoms with Crippen molar-refractivity contribution in [3.63, 3.8) is 0 Å². The molecule has 3 rings (SSSR count). The third kappa shape index (κ3) is 5.16. The van der Waals surface area contributed by atoms with E-state index in [-0.39, 0.29) is 24.3 Å². The lowest BCUT2D eigenvalue weighted by molar-refractivity contribution is -0.115. The van der Waals surface area contributed by atoms with Crippen LogP contribution in [0.5, 0.6) is 0 Å². The number of carbonyl (C=O) groups excluding carboxylic acids is 3. The van der Waals surface area contributed by atoms with Crippen LogP contribution in [0.1, 0.15) is 40.5 Å². The highest BCUT2D eigenvalue weighted by molar-refractivity contribution is 6.00. The lowest BCUT2D eigenvalue weighted by atomic mass is 9.98. The Kier molecular flexibility index (Phi) is 6.37. The molecule has 2 N–H and O–H groups in total. The fourth-order valence-corrected chi connectivity index (χ4v) is 3.06. The number of rotatable bonds is 5. The van der Waals surface area contributed by atoms with E-state index in [1.807, 2.05) is 4.90 Å². The average Bonchev–Trinajstić information content (AvgIpc) is 2.73. The number of nitrogens with one attached hydrogen (secondary N) is 2. The van der Waals surface area contributed by atoms with Gasteiger partial charge in [-0.05, 0) is 55.2 Å². The maximum atomic E-state index is 12.5. The fourth-order valence-electron chi connectivity index (χ4n) is 3.06. The van der Waals surface area contributed by atoms with E-state index in [1.54, 1.807) is 48.8 Å². The molecule has 28 heavy (non-hydrogen) atoms. The normalized spacial score (nSPS) is 14.4. The standard InChI is InChI=1S/C21H24N4O3/c1-15-8-12-25(13-9-15)21(28)17-4-2-16(3-5-17)20(27)23-14-19(26)24-18-6-10-22-11-7-18/h2-7,10-11,15H,8-9,12-14H2,1H3,(H,23,27)(H,22,24,26). The van der Waals surface area contributed by atoms with Gasteiger partial charge in [-0.1, -0.05) is 6.92 Å². The van der Waals surface area contributed by atoms with Gasteiger partial charge in [0.25, 0.3) is 11.8 Å². The summed E-state index contributed by atoms with van der Waals surface area (Å²) in [6.07, 6.45) is 5.19. The van der Waals surface area contributed by atoms with E-state index in [9.17, 15) is 14.4 Å². The molecule has 3 amide bonds. The summed E-state index contributed by atoms with van der Waals surface area (Å²) in [7, 11) is 0. The molecule has 1 aliphatic heterocycles. The molecule has 0 unspecified atom stereocenters. The third-order valence-corrected chi connectivity index (χ3v) is 4.84. The molecule has 146 valence electrons. The smallest absolute Gasteiger partial charge is 0.253 e. The predicted molar refractivity (Wildman–Crippen MR) is 106 cm³/mol. The van der Waals surface area contributed by atoms with Crippen LogP contribution in [-0.4, -0.2) is 47.2 Å². The molecular weight excluding hydrogens is 356 g/mol. The minimum absolute atomic E-state index is 0.00409. The molecular formula is C21H24N4O3. The Hall–Kier alpha value is -3.22. The van der Waals surface area contributed by atoms with Crippen LogP contribution in [0.3, 0.4) is 0 Å². The molecule has 0 bridgehead atoms. The number of anilines is 1. The highest BCUT2D eigenvalue weighted by Gasteiger charge is 2.21. The van der Waals surface area contributed by atoms with E-state index in [0.717, 1.165) is 25.9 Å². The van der Waals surface area contributed by atoms with Gasteiger partial charge in [-0.25, -0.2) is 0 Å². The molecule has 7 heteroatoms. The largest absolute Gasteiger partial charge is 0.343 e. The molecule has 1 aliphatic rings. The van der Waals surface area contributed by atoms with Crippen LogP contribution in [0, 0.1) is 5.92 Å². The minimum atomic E-state index is -0.365. The SMILES string of the molecule is CC1CCN(C(=O)c2ccc(C(=O)NCC(=O)Nc3ccncc3)cc2)CC1. The summed E-state index contributed by atoms with van der Waals surface area (Å²) in [6, 6.07) is 9.86. The minimum Gasteiger partial charge on any atom is -0.343 e. The first kappa shape index (κ1) is 19.5. The van der Waals surface area contributed by atoms with Crippen molar-refractivity contribution in [1.29, 1.82) is 0 Å². The van der Waals surface area contributed by atoms with E-state index < -0.39 is 0 Å². The molecule has 0 atom stereocenters. The zero-order valence-electron chi connectivity index (χ0n) is 15.9. The molecule has 2 aromatic rings. The van der Waals surface area contributed by atoms with Gasteiger partial charge in [0, 0.05) is 42.3 Å². The molecule has 0 spiro atoms. The number of carbonyl (C=O) groups is 3. The number of aromatic nitrogens is 1. The summed E-state index contributed by atoms with van der Waals surface area (Å²) in [5.41, 5.74) is 1.59. The van der Waals surface area contributed by atoms with Gasteiger partial charge in [0.2, 0.25) is 5.91 Å². The van der Waals surface area contributed by atoms with Gasteiger partial charge >= 0.3 is 0 Å². The molecule has 1 saturated heterocycles. The number of hydrogen-bond acceptors (Lipinski definition) is 4. The maximum Gasteiger partial charge on any atom is 0.253 e. The quantitative estimate of drug-likeness (QED) is 0.833. The van der Waals surface area contributed by atoms with Crippen molar-refractivity contribution in [3.8, 4) is 0 Å². The van der Waals surface area contributed by atoms with Crippen LogP contribution in [0.2, 0.25) is 0 Å². The number of pyridine rings is 1. The lowest BCUT2D eigenvalue weighted by Gasteiger charge is -2.30. The maximum absolute atomic E-state index is 12.5. The van der Waals surface area contributed by atoms with Crippen LogP contribution >= 0.6 is 0 Å². The number of nitrogens with zero attached hydrogens (tertiary/aromatic N) is 2. The topological polar surface area (TPSA) is 91.4 Å². The molecule has 0 aliphatic carbocycles. The van der Waals surface area contributed by atoms with Gasteiger partial charge in [-0.3, -0.25) is 19.4 Å². The Morgan fingerprint density at radius 3 is 2.25 bits per heavy atom. The zero-order chi connectivity index (χ0) is 19.9. The highest BCUT2D eigenvalue weighted by Crippen LogP contribution is 2.18. The molecule has 7 nitrogen and oxygen atoms in total. The average molecular weight is 380 g/mol. The van der Waals surface area contributed by atoms with Crippen LogP contribution in [0.4, 0.5) is 5.69 Å². The van der Waals surface area contributed by atoms with Crippen molar-refractivity contribution in [2.24, 2.45) is 5.92 Å². The van der Waals surface area contributed by atoms with E-state index >= 15 is 0 Å². The number of likely N-dealkylation sites (tertiary alicyclic amines) is 1. The van der Waals surface area contributed by atoms with Gasteiger partial charge in [0.15, 0.2) is 0 Å². The molecule has 1 aromatic heterocycles. The first-order chi connectivity index (χ1) is 13.5. The molecule has 2 heterocycles. The van der Waals surface area contributed by atoms with Crippen LogP contribution in [-0.2, 0) is 4.79 Å². The van der Waals surface area contributed by atoms with E-state index in [4.69, 9.17) is 0 Å². The summed E-state index contributed by atoms with van der Waals surface area (Å²) >= 11 is 0. The van der Waals surface area contributed by atoms with Crippen LogP contribution in [0.25, 0.3) is 0 Å². The second-order valence-corrected chi connectivity index (χ2v) is 7.02. The van der Waals surface area contributed by atoms with E-state index in [2.05, 4.69) is 22.5 Å². The Morgan fingerprint density at radius 2 is 1.61 bits per heavy atom. The first-order valence-electron chi connectivity index (χ1n) is 9.40. The fraction of sp³-hybridized carbons (Fsp3) is 0.333. The summed E-state index contributed by atoms with van der Waals surface area (Å²) in [4.78, 5) is 42.4. The number of piperidine rings is 1. The summed E-state index contributed by atoms with van der Waals surface area (Å²) < 4.78 is 0. The van der Waals surface area contributed by atoms with Crippen molar-refractivity contribution in [2.45, 2.75) is 19.8 Å². The van der Waals surface area contributed by atoms with Crippen molar-refractivity contribution >= 4 is 23.4 Å². The predicted octanol–water partition coefficient (Wildman–Crippen LogP) is 2.32. The second-order valence-electron chi connectivity index (χ2n) is 7.02. The molecule has 0 radical (unpaired) electrons. The molecule has 1 aromatic carbocycles. The Labute approximate surface area is 164 Å². The van der Waals surface area contributed by atoms with Gasteiger partial charge in [-0.15, -0.1) is 0 Å². The van der Waals surface area contributed by atoms with Crippen molar-refractivity contribution in [2.75, 3.05) is 25.0 Å². The monoisotopic (exact) mass is 380 g/mol. The second kappa shape index (κ2) is 9.12. The van der Waals surface area contributed by atoms with Gasteiger partial charge in [0.05, 0.1) is 6.54 Å². The van der Waals surface area contributed by atoms with E-state index in [0.29, 0.717) is 22.7 Å².